The van der Waals surface area contributed by atoms with Crippen LogP contribution in [0.4, 0.5) is 0 Å². The summed E-state index contributed by atoms with van der Waals surface area (Å²) in [7, 11) is 1.71. The van der Waals surface area contributed by atoms with Gasteiger partial charge in [-0.1, -0.05) is 6.07 Å². The average Bonchev–Trinajstić information content (AvgIpc) is 2.69. The summed E-state index contributed by atoms with van der Waals surface area (Å²) in [4.78, 5) is 1.33. The predicted octanol–water partition coefficient (Wildman–Crippen LogP) is 4.04. The Bertz CT molecular complexity index is 434. The minimum atomic E-state index is 0.935. The second-order valence-electron chi connectivity index (χ2n) is 3.61. The SMILES string of the molecule is COc1cc(C)c(-c2cccs2)c(C)c1. The van der Waals surface area contributed by atoms with E-state index in [0.29, 0.717) is 0 Å². The molecule has 1 heterocycles. The van der Waals surface area contributed by atoms with Gasteiger partial charge < -0.3 is 4.74 Å². The maximum absolute atomic E-state index is 5.25. The molecule has 0 unspecified atom stereocenters. The maximum atomic E-state index is 5.25. The molecule has 2 rings (SSSR count). The van der Waals surface area contributed by atoms with Gasteiger partial charge in [0.15, 0.2) is 0 Å². The number of aryl methyl sites for hydroxylation is 2. The van der Waals surface area contributed by atoms with Gasteiger partial charge in [0, 0.05) is 4.88 Å². The fourth-order valence-electron chi connectivity index (χ4n) is 1.85. The lowest BCUT2D eigenvalue weighted by Gasteiger charge is -2.10. The first-order valence-electron chi connectivity index (χ1n) is 4.91. The van der Waals surface area contributed by atoms with E-state index in [1.165, 1.54) is 21.6 Å². The van der Waals surface area contributed by atoms with Crippen LogP contribution in [-0.2, 0) is 0 Å². The molecule has 0 amide bonds. The Morgan fingerprint density at radius 1 is 1.13 bits per heavy atom. The number of hydrogen-bond acceptors (Lipinski definition) is 2. The molecule has 15 heavy (non-hydrogen) atoms. The number of rotatable bonds is 2. The van der Waals surface area contributed by atoms with E-state index in [1.54, 1.807) is 18.4 Å². The summed E-state index contributed by atoms with van der Waals surface area (Å²) in [5.74, 6) is 0.935. The molecule has 0 aliphatic carbocycles. The number of hydrogen-bond donors (Lipinski definition) is 0. The van der Waals surface area contributed by atoms with Crippen LogP contribution in [0.5, 0.6) is 5.75 Å². The van der Waals surface area contributed by atoms with E-state index in [0.717, 1.165) is 5.75 Å². The Morgan fingerprint density at radius 2 is 1.80 bits per heavy atom. The summed E-state index contributed by atoms with van der Waals surface area (Å²) in [6.45, 7) is 4.26. The van der Waals surface area contributed by atoms with E-state index in [1.807, 2.05) is 0 Å². The molecule has 2 aromatic rings. The molecule has 78 valence electrons. The van der Waals surface area contributed by atoms with E-state index in [9.17, 15) is 0 Å². The molecule has 0 aliphatic heterocycles. The van der Waals surface area contributed by atoms with E-state index in [2.05, 4.69) is 43.5 Å². The zero-order valence-corrected chi connectivity index (χ0v) is 10.0. The van der Waals surface area contributed by atoms with Gasteiger partial charge in [-0.05, 0) is 54.1 Å². The Hall–Kier alpha value is -1.28. The van der Waals surface area contributed by atoms with Crippen molar-refractivity contribution in [2.24, 2.45) is 0 Å². The summed E-state index contributed by atoms with van der Waals surface area (Å²) in [6.07, 6.45) is 0. The third kappa shape index (κ3) is 1.90. The molecule has 2 heteroatoms. The Morgan fingerprint density at radius 3 is 2.27 bits per heavy atom. The zero-order valence-electron chi connectivity index (χ0n) is 9.20. The molecule has 0 saturated carbocycles. The van der Waals surface area contributed by atoms with Gasteiger partial charge in [0.25, 0.3) is 0 Å². The number of methoxy groups -OCH3 is 1. The van der Waals surface area contributed by atoms with Gasteiger partial charge in [0.2, 0.25) is 0 Å². The molecule has 0 aliphatic rings. The lowest BCUT2D eigenvalue weighted by atomic mass is 10.0. The molecule has 1 aromatic carbocycles. The van der Waals surface area contributed by atoms with E-state index in [4.69, 9.17) is 4.74 Å². The molecular weight excluding hydrogens is 204 g/mol. The highest BCUT2D eigenvalue weighted by molar-refractivity contribution is 7.13. The van der Waals surface area contributed by atoms with Crippen molar-refractivity contribution in [3.63, 3.8) is 0 Å². The normalized spacial score (nSPS) is 10.3. The van der Waals surface area contributed by atoms with Gasteiger partial charge in [-0.3, -0.25) is 0 Å². The highest BCUT2D eigenvalue weighted by atomic mass is 32.1. The first kappa shape index (κ1) is 10.2. The topological polar surface area (TPSA) is 9.23 Å². The molecular formula is C13H14OS. The standard InChI is InChI=1S/C13H14OS/c1-9-7-11(14-3)8-10(2)13(9)12-5-4-6-15-12/h4-8H,1-3H3. The van der Waals surface area contributed by atoms with Gasteiger partial charge in [-0.25, -0.2) is 0 Å². The van der Waals surface area contributed by atoms with Crippen molar-refractivity contribution in [1.29, 1.82) is 0 Å². The van der Waals surface area contributed by atoms with Crippen molar-refractivity contribution in [2.75, 3.05) is 7.11 Å². The summed E-state index contributed by atoms with van der Waals surface area (Å²) in [5, 5.41) is 2.11. The van der Waals surface area contributed by atoms with Crippen molar-refractivity contribution >= 4 is 11.3 Å². The van der Waals surface area contributed by atoms with Crippen molar-refractivity contribution in [2.45, 2.75) is 13.8 Å². The Kier molecular flexibility index (Phi) is 2.78. The third-order valence-electron chi connectivity index (χ3n) is 2.51. The molecule has 0 radical (unpaired) electrons. The van der Waals surface area contributed by atoms with Gasteiger partial charge in [-0.2, -0.15) is 0 Å². The maximum Gasteiger partial charge on any atom is 0.119 e. The monoisotopic (exact) mass is 218 g/mol. The highest BCUT2D eigenvalue weighted by Gasteiger charge is 2.08. The van der Waals surface area contributed by atoms with Crippen LogP contribution in [0.2, 0.25) is 0 Å². The fourth-order valence-corrected chi connectivity index (χ4v) is 2.75. The van der Waals surface area contributed by atoms with Gasteiger partial charge in [-0.15, -0.1) is 11.3 Å². The predicted molar refractivity (Wildman–Crippen MR) is 65.8 cm³/mol. The van der Waals surface area contributed by atoms with Gasteiger partial charge >= 0.3 is 0 Å². The van der Waals surface area contributed by atoms with Crippen molar-refractivity contribution in [1.82, 2.24) is 0 Å². The minimum absolute atomic E-state index is 0.935. The van der Waals surface area contributed by atoms with Crippen LogP contribution >= 0.6 is 11.3 Å². The molecule has 0 fully saturated rings. The van der Waals surface area contributed by atoms with Crippen LogP contribution < -0.4 is 4.74 Å². The summed E-state index contributed by atoms with van der Waals surface area (Å²) < 4.78 is 5.25. The first-order valence-corrected chi connectivity index (χ1v) is 5.79. The van der Waals surface area contributed by atoms with Crippen LogP contribution in [0.25, 0.3) is 10.4 Å². The highest BCUT2D eigenvalue weighted by Crippen LogP contribution is 2.33. The van der Waals surface area contributed by atoms with Gasteiger partial charge in [0.05, 0.1) is 7.11 Å². The number of ether oxygens (including phenoxy) is 1. The fraction of sp³-hybridized carbons (Fsp3) is 0.231. The molecule has 0 saturated heterocycles. The second kappa shape index (κ2) is 4.07. The van der Waals surface area contributed by atoms with Crippen LogP contribution in [0.3, 0.4) is 0 Å². The van der Waals surface area contributed by atoms with Crippen molar-refractivity contribution in [3.8, 4) is 16.2 Å². The van der Waals surface area contributed by atoms with Gasteiger partial charge in [0.1, 0.15) is 5.75 Å². The Balaban J connectivity index is 2.58. The summed E-state index contributed by atoms with van der Waals surface area (Å²) >= 11 is 1.78. The molecule has 0 bridgehead atoms. The molecule has 0 spiro atoms. The molecule has 1 aromatic heterocycles. The van der Waals surface area contributed by atoms with Crippen LogP contribution in [-0.4, -0.2) is 7.11 Å². The quantitative estimate of drug-likeness (QED) is 0.739. The van der Waals surface area contributed by atoms with Crippen molar-refractivity contribution in [3.05, 3.63) is 40.8 Å². The third-order valence-corrected chi connectivity index (χ3v) is 3.40. The van der Waals surface area contributed by atoms with Crippen LogP contribution in [0.15, 0.2) is 29.6 Å². The minimum Gasteiger partial charge on any atom is -0.497 e. The largest absolute Gasteiger partial charge is 0.497 e. The number of benzene rings is 1. The lowest BCUT2D eigenvalue weighted by molar-refractivity contribution is 0.414. The smallest absolute Gasteiger partial charge is 0.119 e. The van der Waals surface area contributed by atoms with E-state index < -0.39 is 0 Å². The van der Waals surface area contributed by atoms with Crippen LogP contribution in [0, 0.1) is 13.8 Å². The lowest BCUT2D eigenvalue weighted by Crippen LogP contribution is -1.90. The van der Waals surface area contributed by atoms with E-state index >= 15 is 0 Å². The van der Waals surface area contributed by atoms with E-state index in [-0.39, 0.29) is 0 Å². The molecule has 0 N–H and O–H groups in total. The summed E-state index contributed by atoms with van der Waals surface area (Å²) in [6, 6.07) is 8.42. The second-order valence-corrected chi connectivity index (χ2v) is 4.56. The summed E-state index contributed by atoms with van der Waals surface area (Å²) in [5.41, 5.74) is 3.88. The molecule has 1 nitrogen and oxygen atoms in total. The van der Waals surface area contributed by atoms with Crippen molar-refractivity contribution < 1.29 is 4.74 Å². The Labute approximate surface area is 94.3 Å². The van der Waals surface area contributed by atoms with Crippen LogP contribution in [0.1, 0.15) is 11.1 Å². The number of thiophene rings is 1. The average molecular weight is 218 g/mol. The first-order chi connectivity index (χ1) is 7.22. The molecule has 0 atom stereocenters. The zero-order chi connectivity index (χ0) is 10.8.